The number of hydrogen-bond acceptors (Lipinski definition) is 3. The molecule has 4 nitrogen and oxygen atoms in total. The highest BCUT2D eigenvalue weighted by Crippen LogP contribution is 2.25. The molecule has 1 amide bonds. The first-order valence-electron chi connectivity index (χ1n) is 8.68. The lowest BCUT2D eigenvalue weighted by atomic mass is 9.91. The highest BCUT2D eigenvalue weighted by molar-refractivity contribution is 5.76. The van der Waals surface area contributed by atoms with Gasteiger partial charge in [0.05, 0.1) is 11.8 Å². The zero-order valence-electron chi connectivity index (χ0n) is 14.8. The van der Waals surface area contributed by atoms with Gasteiger partial charge < -0.3 is 15.4 Å². The topological polar surface area (TPSA) is 55.6 Å². The molecular formula is C19H30N2O2. The third-order valence-corrected chi connectivity index (χ3v) is 4.29. The summed E-state index contributed by atoms with van der Waals surface area (Å²) in [4.78, 5) is 14.5. The largest absolute Gasteiger partial charge is 0.489 e. The normalized spacial score (nSPS) is 21.5. The summed E-state index contributed by atoms with van der Waals surface area (Å²) in [6.07, 6.45) is 2.60. The van der Waals surface area contributed by atoms with Crippen molar-refractivity contribution in [2.24, 2.45) is 11.8 Å². The number of amides is 1. The van der Waals surface area contributed by atoms with Crippen LogP contribution in [-0.2, 0) is 11.2 Å². The van der Waals surface area contributed by atoms with Crippen LogP contribution in [-0.4, -0.2) is 30.0 Å². The molecular weight excluding hydrogens is 288 g/mol. The van der Waals surface area contributed by atoms with Crippen LogP contribution in [0.5, 0.6) is 5.75 Å². The van der Waals surface area contributed by atoms with Gasteiger partial charge in [-0.05, 0) is 56.2 Å². The maximum absolute atomic E-state index is 12.4. The standard InChI is InChI=1S/C19H30N2O2/c1-13(2)23-18-7-5-16(10-17(18)20)6-8-19(22)21-11-14(3)9-15(4)12-21/h5,7,10,13-15H,6,8-9,11-12,20H2,1-4H3. The van der Waals surface area contributed by atoms with Crippen LogP contribution in [0.3, 0.4) is 0 Å². The van der Waals surface area contributed by atoms with E-state index in [1.807, 2.05) is 36.9 Å². The molecule has 23 heavy (non-hydrogen) atoms. The van der Waals surface area contributed by atoms with Crippen molar-refractivity contribution < 1.29 is 9.53 Å². The van der Waals surface area contributed by atoms with Gasteiger partial charge in [-0.2, -0.15) is 0 Å². The van der Waals surface area contributed by atoms with E-state index in [0.717, 1.165) is 25.1 Å². The summed E-state index contributed by atoms with van der Waals surface area (Å²) in [5, 5.41) is 0. The Kier molecular flexibility index (Phi) is 5.91. The number of ether oxygens (including phenoxy) is 1. The monoisotopic (exact) mass is 318 g/mol. The Morgan fingerprint density at radius 1 is 1.30 bits per heavy atom. The fourth-order valence-corrected chi connectivity index (χ4v) is 3.39. The van der Waals surface area contributed by atoms with Crippen LogP contribution < -0.4 is 10.5 Å². The summed E-state index contributed by atoms with van der Waals surface area (Å²) in [5.74, 6) is 2.18. The second-order valence-corrected chi connectivity index (χ2v) is 7.28. The van der Waals surface area contributed by atoms with Crippen molar-refractivity contribution in [2.45, 2.75) is 53.1 Å². The van der Waals surface area contributed by atoms with Gasteiger partial charge in [0.15, 0.2) is 0 Å². The number of nitrogens with two attached hydrogens (primary N) is 1. The number of rotatable bonds is 5. The zero-order valence-corrected chi connectivity index (χ0v) is 14.8. The van der Waals surface area contributed by atoms with Gasteiger partial charge in [0.2, 0.25) is 5.91 Å². The van der Waals surface area contributed by atoms with Gasteiger partial charge in [-0.3, -0.25) is 4.79 Å². The molecule has 2 N–H and O–H groups in total. The molecule has 1 heterocycles. The molecule has 1 aromatic rings. The van der Waals surface area contributed by atoms with Gasteiger partial charge in [-0.1, -0.05) is 19.9 Å². The number of anilines is 1. The lowest BCUT2D eigenvalue weighted by Crippen LogP contribution is -2.42. The van der Waals surface area contributed by atoms with Crippen molar-refractivity contribution in [3.8, 4) is 5.75 Å². The number of likely N-dealkylation sites (tertiary alicyclic amines) is 1. The average Bonchev–Trinajstić information content (AvgIpc) is 2.46. The maximum atomic E-state index is 12.4. The number of aryl methyl sites for hydroxylation is 1. The number of benzene rings is 1. The maximum Gasteiger partial charge on any atom is 0.222 e. The molecule has 2 atom stereocenters. The number of piperidine rings is 1. The van der Waals surface area contributed by atoms with Crippen molar-refractivity contribution in [1.82, 2.24) is 4.90 Å². The van der Waals surface area contributed by atoms with E-state index < -0.39 is 0 Å². The van der Waals surface area contributed by atoms with Crippen molar-refractivity contribution in [2.75, 3.05) is 18.8 Å². The SMILES string of the molecule is CC1CC(C)CN(C(=O)CCc2ccc(OC(C)C)c(N)c2)C1. The number of hydrogen-bond donors (Lipinski definition) is 1. The van der Waals surface area contributed by atoms with Crippen LogP contribution >= 0.6 is 0 Å². The lowest BCUT2D eigenvalue weighted by molar-refractivity contribution is -0.133. The second kappa shape index (κ2) is 7.71. The minimum Gasteiger partial charge on any atom is -0.489 e. The Balaban J connectivity index is 1.90. The van der Waals surface area contributed by atoms with Crippen LogP contribution in [0, 0.1) is 11.8 Å². The van der Waals surface area contributed by atoms with Crippen LogP contribution in [0.1, 0.15) is 46.1 Å². The molecule has 0 aromatic heterocycles. The molecule has 128 valence electrons. The average molecular weight is 318 g/mol. The Morgan fingerprint density at radius 3 is 2.52 bits per heavy atom. The number of carbonyl (C=O) groups is 1. The van der Waals surface area contributed by atoms with Crippen LogP contribution in [0.25, 0.3) is 0 Å². The van der Waals surface area contributed by atoms with Gasteiger partial charge in [0.1, 0.15) is 5.75 Å². The van der Waals surface area contributed by atoms with Crippen molar-refractivity contribution in [3.63, 3.8) is 0 Å². The third-order valence-electron chi connectivity index (χ3n) is 4.29. The van der Waals surface area contributed by atoms with Crippen molar-refractivity contribution in [3.05, 3.63) is 23.8 Å². The van der Waals surface area contributed by atoms with E-state index >= 15 is 0 Å². The molecule has 2 unspecified atom stereocenters. The van der Waals surface area contributed by atoms with Gasteiger partial charge in [0.25, 0.3) is 0 Å². The summed E-state index contributed by atoms with van der Waals surface area (Å²) in [5.41, 5.74) is 7.77. The molecule has 0 spiro atoms. The predicted octanol–water partition coefficient (Wildman–Crippen LogP) is 3.49. The molecule has 0 aliphatic carbocycles. The quantitative estimate of drug-likeness (QED) is 0.846. The lowest BCUT2D eigenvalue weighted by Gasteiger charge is -2.35. The van der Waals surface area contributed by atoms with Gasteiger partial charge in [0, 0.05) is 19.5 Å². The highest BCUT2D eigenvalue weighted by atomic mass is 16.5. The van der Waals surface area contributed by atoms with Crippen molar-refractivity contribution >= 4 is 11.6 Å². The first kappa shape index (κ1) is 17.6. The molecule has 0 saturated carbocycles. The van der Waals surface area contributed by atoms with E-state index in [4.69, 9.17) is 10.5 Å². The van der Waals surface area contributed by atoms with E-state index in [1.165, 1.54) is 6.42 Å². The molecule has 2 rings (SSSR count). The summed E-state index contributed by atoms with van der Waals surface area (Å²) in [6.45, 7) is 10.2. The second-order valence-electron chi connectivity index (χ2n) is 7.28. The fourth-order valence-electron chi connectivity index (χ4n) is 3.39. The van der Waals surface area contributed by atoms with Crippen LogP contribution in [0.15, 0.2) is 18.2 Å². The molecule has 1 saturated heterocycles. The highest BCUT2D eigenvalue weighted by Gasteiger charge is 2.24. The zero-order chi connectivity index (χ0) is 17.0. The van der Waals surface area contributed by atoms with Crippen LogP contribution in [0.4, 0.5) is 5.69 Å². The number of nitrogen functional groups attached to an aromatic ring is 1. The summed E-state index contributed by atoms with van der Waals surface area (Å²) >= 11 is 0. The predicted molar refractivity (Wildman–Crippen MR) is 94.5 cm³/mol. The van der Waals surface area contributed by atoms with Crippen molar-refractivity contribution in [1.29, 1.82) is 0 Å². The van der Waals surface area contributed by atoms with Gasteiger partial charge in [-0.15, -0.1) is 0 Å². The van der Waals surface area contributed by atoms with E-state index in [0.29, 0.717) is 29.7 Å². The molecule has 0 bridgehead atoms. The van der Waals surface area contributed by atoms with E-state index in [2.05, 4.69) is 13.8 Å². The number of nitrogens with zero attached hydrogens (tertiary/aromatic N) is 1. The Hall–Kier alpha value is -1.71. The van der Waals surface area contributed by atoms with Crippen LogP contribution in [0.2, 0.25) is 0 Å². The Morgan fingerprint density at radius 2 is 1.96 bits per heavy atom. The molecule has 1 aliphatic rings. The minimum atomic E-state index is 0.104. The smallest absolute Gasteiger partial charge is 0.222 e. The Labute approximate surface area is 140 Å². The summed E-state index contributed by atoms with van der Waals surface area (Å²) in [6, 6.07) is 5.83. The van der Waals surface area contributed by atoms with E-state index in [-0.39, 0.29) is 12.0 Å². The molecule has 1 aromatic carbocycles. The van der Waals surface area contributed by atoms with E-state index in [9.17, 15) is 4.79 Å². The Bertz CT molecular complexity index is 532. The first-order valence-corrected chi connectivity index (χ1v) is 8.68. The molecule has 1 fully saturated rings. The first-order chi connectivity index (χ1) is 10.8. The number of carbonyl (C=O) groups excluding carboxylic acids is 1. The molecule has 4 heteroatoms. The third kappa shape index (κ3) is 5.15. The molecule has 1 aliphatic heterocycles. The minimum absolute atomic E-state index is 0.104. The van der Waals surface area contributed by atoms with E-state index in [1.54, 1.807) is 0 Å². The van der Waals surface area contributed by atoms with Gasteiger partial charge in [-0.25, -0.2) is 0 Å². The summed E-state index contributed by atoms with van der Waals surface area (Å²) < 4.78 is 5.64. The fraction of sp³-hybridized carbons (Fsp3) is 0.632. The molecule has 0 radical (unpaired) electrons. The van der Waals surface area contributed by atoms with Gasteiger partial charge >= 0.3 is 0 Å². The summed E-state index contributed by atoms with van der Waals surface area (Å²) in [7, 11) is 0.